The zero-order valence-corrected chi connectivity index (χ0v) is 16.0. The van der Waals surface area contributed by atoms with Gasteiger partial charge in [-0.2, -0.15) is 0 Å². The fourth-order valence-corrected chi connectivity index (χ4v) is 3.28. The van der Waals surface area contributed by atoms with Crippen LogP contribution in [0.5, 0.6) is 0 Å². The van der Waals surface area contributed by atoms with Crippen LogP contribution in [0.25, 0.3) is 0 Å². The van der Waals surface area contributed by atoms with E-state index in [1.807, 2.05) is 32.9 Å². The maximum Gasteiger partial charge on any atom is 0.251 e. The summed E-state index contributed by atoms with van der Waals surface area (Å²) in [6, 6.07) is 11.0. The van der Waals surface area contributed by atoms with Gasteiger partial charge in [0, 0.05) is 5.56 Å². The van der Waals surface area contributed by atoms with Gasteiger partial charge in [0.25, 0.3) is 5.91 Å². The Balaban J connectivity index is 2.23. The lowest BCUT2D eigenvalue weighted by atomic mass is 9.99. The summed E-state index contributed by atoms with van der Waals surface area (Å²) in [4.78, 5) is 12.6. The van der Waals surface area contributed by atoms with Crippen LogP contribution in [0, 0.1) is 20.8 Å². The number of nitrogens with one attached hydrogen (secondary N) is 2. The van der Waals surface area contributed by atoms with E-state index in [1.165, 1.54) is 0 Å². The molecule has 0 saturated heterocycles. The number of rotatable bonds is 5. The summed E-state index contributed by atoms with van der Waals surface area (Å²) in [6.45, 7) is 7.75. The van der Waals surface area contributed by atoms with E-state index in [0.29, 0.717) is 11.3 Å². The Hall–Kier alpha value is -2.34. The molecule has 5 nitrogen and oxygen atoms in total. The van der Waals surface area contributed by atoms with Gasteiger partial charge in [0.2, 0.25) is 10.0 Å². The molecule has 0 aliphatic rings. The normalized spacial score (nSPS) is 12.5. The van der Waals surface area contributed by atoms with E-state index in [4.69, 9.17) is 0 Å². The Morgan fingerprint density at radius 1 is 1.00 bits per heavy atom. The minimum atomic E-state index is -3.40. The lowest BCUT2D eigenvalue weighted by Crippen LogP contribution is -2.27. The Kier molecular flexibility index (Phi) is 5.52. The third-order valence-electron chi connectivity index (χ3n) is 4.04. The molecule has 25 heavy (non-hydrogen) atoms. The van der Waals surface area contributed by atoms with Gasteiger partial charge in [-0.25, -0.2) is 8.42 Å². The first kappa shape index (κ1) is 19.0. The quantitative estimate of drug-likeness (QED) is 0.857. The predicted molar refractivity (Wildman–Crippen MR) is 101 cm³/mol. The van der Waals surface area contributed by atoms with Crippen molar-refractivity contribution >= 4 is 21.6 Å². The Morgan fingerprint density at radius 2 is 1.64 bits per heavy atom. The third-order valence-corrected chi connectivity index (χ3v) is 4.63. The summed E-state index contributed by atoms with van der Waals surface area (Å²) in [6.07, 6.45) is 1.09. The molecule has 0 spiro atoms. The number of hydrogen-bond donors (Lipinski definition) is 2. The number of amides is 1. The lowest BCUT2D eigenvalue weighted by molar-refractivity contribution is 0.0940. The molecule has 2 rings (SSSR count). The number of anilines is 1. The van der Waals surface area contributed by atoms with E-state index in [0.717, 1.165) is 28.5 Å². The number of sulfonamides is 1. The van der Waals surface area contributed by atoms with Gasteiger partial charge in [-0.3, -0.25) is 9.52 Å². The van der Waals surface area contributed by atoms with Crippen molar-refractivity contribution in [3.05, 3.63) is 64.2 Å². The molecule has 134 valence electrons. The molecule has 0 unspecified atom stereocenters. The highest BCUT2D eigenvalue weighted by Gasteiger charge is 2.15. The van der Waals surface area contributed by atoms with E-state index < -0.39 is 10.0 Å². The Morgan fingerprint density at radius 3 is 2.28 bits per heavy atom. The Labute approximate surface area is 149 Å². The van der Waals surface area contributed by atoms with Crippen molar-refractivity contribution in [3.8, 4) is 0 Å². The van der Waals surface area contributed by atoms with Crippen LogP contribution >= 0.6 is 0 Å². The van der Waals surface area contributed by atoms with Gasteiger partial charge in [-0.15, -0.1) is 0 Å². The standard InChI is InChI=1S/C19H24N2O3S/c1-12-6-7-13(2)17(10-12)15(4)20-19(22)16-9-8-14(3)18(11-16)21-25(5,23)24/h6-11,15,21H,1-5H3,(H,20,22)/t15-/m1/s1. The molecule has 1 amide bonds. The van der Waals surface area contributed by atoms with Gasteiger partial charge in [-0.1, -0.05) is 29.8 Å². The van der Waals surface area contributed by atoms with Crippen LogP contribution in [0.3, 0.4) is 0 Å². The highest BCUT2D eigenvalue weighted by Crippen LogP contribution is 2.21. The van der Waals surface area contributed by atoms with Gasteiger partial charge in [0.05, 0.1) is 18.0 Å². The number of aryl methyl sites for hydroxylation is 3. The second-order valence-electron chi connectivity index (χ2n) is 6.46. The van der Waals surface area contributed by atoms with Gasteiger partial charge in [-0.05, 0) is 56.5 Å². The first-order valence-corrected chi connectivity index (χ1v) is 9.92. The fourth-order valence-electron chi connectivity index (χ4n) is 2.66. The molecule has 0 bridgehead atoms. The second kappa shape index (κ2) is 7.27. The van der Waals surface area contributed by atoms with Crippen LogP contribution < -0.4 is 10.0 Å². The van der Waals surface area contributed by atoms with Crippen molar-refractivity contribution in [2.45, 2.75) is 33.7 Å². The summed E-state index contributed by atoms with van der Waals surface area (Å²) >= 11 is 0. The van der Waals surface area contributed by atoms with Crippen LogP contribution in [0.4, 0.5) is 5.69 Å². The van der Waals surface area contributed by atoms with Gasteiger partial charge in [0.1, 0.15) is 0 Å². The molecule has 0 saturated carbocycles. The van der Waals surface area contributed by atoms with Crippen molar-refractivity contribution < 1.29 is 13.2 Å². The molecule has 0 radical (unpaired) electrons. The average molecular weight is 360 g/mol. The summed E-state index contributed by atoms with van der Waals surface area (Å²) in [7, 11) is -3.40. The number of carbonyl (C=O) groups is 1. The maximum absolute atomic E-state index is 12.6. The molecule has 0 aliphatic carbocycles. The first-order valence-electron chi connectivity index (χ1n) is 8.03. The predicted octanol–water partition coefficient (Wildman–Crippen LogP) is 3.47. The molecule has 0 aliphatic heterocycles. The average Bonchev–Trinajstić information content (AvgIpc) is 2.50. The minimum Gasteiger partial charge on any atom is -0.346 e. The van der Waals surface area contributed by atoms with Crippen LogP contribution in [-0.4, -0.2) is 20.6 Å². The molecule has 1 atom stereocenters. The van der Waals surface area contributed by atoms with Crippen molar-refractivity contribution in [2.75, 3.05) is 11.0 Å². The fraction of sp³-hybridized carbons (Fsp3) is 0.316. The van der Waals surface area contributed by atoms with Crippen molar-refractivity contribution in [1.29, 1.82) is 0 Å². The number of benzene rings is 2. The van der Waals surface area contributed by atoms with Gasteiger partial charge < -0.3 is 5.32 Å². The molecule has 0 aromatic heterocycles. The van der Waals surface area contributed by atoms with E-state index >= 15 is 0 Å². The van der Waals surface area contributed by atoms with Crippen LogP contribution in [0.15, 0.2) is 36.4 Å². The molecular weight excluding hydrogens is 336 g/mol. The molecular formula is C19H24N2O3S. The van der Waals surface area contributed by atoms with Gasteiger partial charge in [0.15, 0.2) is 0 Å². The molecule has 6 heteroatoms. The number of carbonyl (C=O) groups excluding carboxylic acids is 1. The van der Waals surface area contributed by atoms with Crippen molar-refractivity contribution in [1.82, 2.24) is 5.32 Å². The molecule has 2 aromatic carbocycles. The third kappa shape index (κ3) is 5.06. The van der Waals surface area contributed by atoms with E-state index in [1.54, 1.807) is 25.1 Å². The van der Waals surface area contributed by atoms with Crippen LogP contribution in [0.2, 0.25) is 0 Å². The highest BCUT2D eigenvalue weighted by atomic mass is 32.2. The summed E-state index contributed by atoms with van der Waals surface area (Å²) in [5.74, 6) is -0.245. The molecule has 0 fully saturated rings. The SMILES string of the molecule is Cc1ccc(C)c([C@@H](C)NC(=O)c2ccc(C)c(NS(C)(=O)=O)c2)c1. The highest BCUT2D eigenvalue weighted by molar-refractivity contribution is 7.92. The van der Waals surface area contributed by atoms with Crippen molar-refractivity contribution in [3.63, 3.8) is 0 Å². The van der Waals surface area contributed by atoms with Crippen LogP contribution in [0.1, 0.15) is 45.6 Å². The van der Waals surface area contributed by atoms with Crippen LogP contribution in [-0.2, 0) is 10.0 Å². The summed E-state index contributed by atoms with van der Waals surface area (Å²) < 4.78 is 25.3. The van der Waals surface area contributed by atoms with E-state index in [2.05, 4.69) is 16.1 Å². The summed E-state index contributed by atoms with van der Waals surface area (Å²) in [5.41, 5.74) is 4.89. The lowest BCUT2D eigenvalue weighted by Gasteiger charge is -2.18. The largest absolute Gasteiger partial charge is 0.346 e. The topological polar surface area (TPSA) is 75.3 Å². The maximum atomic E-state index is 12.6. The minimum absolute atomic E-state index is 0.153. The van der Waals surface area contributed by atoms with E-state index in [9.17, 15) is 13.2 Å². The second-order valence-corrected chi connectivity index (χ2v) is 8.21. The van der Waals surface area contributed by atoms with E-state index in [-0.39, 0.29) is 11.9 Å². The van der Waals surface area contributed by atoms with Gasteiger partial charge >= 0.3 is 0 Å². The summed E-state index contributed by atoms with van der Waals surface area (Å²) in [5, 5.41) is 2.97. The molecule has 2 N–H and O–H groups in total. The molecule has 2 aromatic rings. The Bertz CT molecular complexity index is 905. The number of hydrogen-bond acceptors (Lipinski definition) is 3. The monoisotopic (exact) mass is 360 g/mol. The molecule has 0 heterocycles. The zero-order valence-electron chi connectivity index (χ0n) is 15.2. The first-order chi connectivity index (χ1) is 11.6. The smallest absolute Gasteiger partial charge is 0.251 e. The zero-order chi connectivity index (χ0) is 18.8. The van der Waals surface area contributed by atoms with Crippen molar-refractivity contribution in [2.24, 2.45) is 0 Å².